The Morgan fingerprint density at radius 1 is 1.26 bits per heavy atom. The van der Waals surface area contributed by atoms with E-state index < -0.39 is 10.0 Å². The van der Waals surface area contributed by atoms with Gasteiger partial charge in [-0.25, -0.2) is 13.1 Å². The minimum Gasteiger partial charge on any atom is -0.384 e. The van der Waals surface area contributed by atoms with Gasteiger partial charge in [-0.1, -0.05) is 11.8 Å². The van der Waals surface area contributed by atoms with Gasteiger partial charge in [-0.2, -0.15) is 0 Å². The molecule has 1 aromatic carbocycles. The lowest BCUT2D eigenvalue weighted by atomic mass is 10.2. The first-order chi connectivity index (χ1) is 8.95. The van der Waals surface area contributed by atoms with Gasteiger partial charge < -0.3 is 10.0 Å². The monoisotopic (exact) mass is 282 g/mol. The van der Waals surface area contributed by atoms with Crippen LogP contribution in [0.25, 0.3) is 0 Å². The van der Waals surface area contributed by atoms with Crippen molar-refractivity contribution in [3.63, 3.8) is 0 Å². The van der Waals surface area contributed by atoms with Crippen molar-refractivity contribution in [2.75, 3.05) is 33.8 Å². The Hall–Kier alpha value is -1.39. The van der Waals surface area contributed by atoms with Crippen molar-refractivity contribution >= 4 is 10.0 Å². The standard InChI is InChI=1S/C13H18N2O3S/c1-15(2)10-9-14-19(17,18)13-7-5-12(6-8-13)4-3-11-16/h5-8,14,16H,9-11H2,1-2H3. The van der Waals surface area contributed by atoms with Crippen LogP contribution in [0.5, 0.6) is 0 Å². The van der Waals surface area contributed by atoms with Crippen LogP contribution in [0.15, 0.2) is 29.2 Å². The van der Waals surface area contributed by atoms with Gasteiger partial charge in [0.15, 0.2) is 0 Å². The molecule has 0 aliphatic heterocycles. The fourth-order valence-corrected chi connectivity index (χ4v) is 2.37. The fraction of sp³-hybridized carbons (Fsp3) is 0.385. The van der Waals surface area contributed by atoms with Gasteiger partial charge in [-0.05, 0) is 38.4 Å². The molecule has 0 amide bonds. The van der Waals surface area contributed by atoms with Crippen molar-refractivity contribution in [1.29, 1.82) is 0 Å². The second kappa shape index (κ2) is 7.26. The first kappa shape index (κ1) is 15.7. The number of likely N-dealkylation sites (N-methyl/N-ethyl adjacent to an activating group) is 1. The van der Waals surface area contributed by atoms with Crippen LogP contribution in [0.3, 0.4) is 0 Å². The lowest BCUT2D eigenvalue weighted by Crippen LogP contribution is -2.31. The van der Waals surface area contributed by atoms with E-state index in [1.807, 2.05) is 19.0 Å². The number of sulfonamides is 1. The summed E-state index contributed by atoms with van der Waals surface area (Å²) in [5.74, 6) is 5.21. The quantitative estimate of drug-likeness (QED) is 0.738. The molecule has 0 aromatic heterocycles. The van der Waals surface area contributed by atoms with Crippen LogP contribution in [0.2, 0.25) is 0 Å². The molecule has 0 heterocycles. The molecule has 1 aromatic rings. The van der Waals surface area contributed by atoms with Gasteiger partial charge in [0.05, 0.1) is 4.90 Å². The summed E-state index contributed by atoms with van der Waals surface area (Å²) in [4.78, 5) is 2.11. The third-order valence-electron chi connectivity index (χ3n) is 2.33. The maximum absolute atomic E-state index is 11.9. The molecule has 0 saturated carbocycles. The smallest absolute Gasteiger partial charge is 0.240 e. The fourth-order valence-electron chi connectivity index (χ4n) is 1.35. The molecule has 104 valence electrons. The third-order valence-corrected chi connectivity index (χ3v) is 3.80. The van der Waals surface area contributed by atoms with E-state index in [0.717, 1.165) is 0 Å². The summed E-state index contributed by atoms with van der Waals surface area (Å²) >= 11 is 0. The highest BCUT2D eigenvalue weighted by atomic mass is 32.2. The number of aliphatic hydroxyl groups is 1. The molecule has 19 heavy (non-hydrogen) atoms. The molecule has 1 rings (SSSR count). The molecule has 6 heteroatoms. The average molecular weight is 282 g/mol. The predicted molar refractivity (Wildman–Crippen MR) is 74.1 cm³/mol. The van der Waals surface area contributed by atoms with E-state index in [1.54, 1.807) is 12.1 Å². The molecule has 0 spiro atoms. The normalized spacial score (nSPS) is 11.2. The zero-order valence-electron chi connectivity index (χ0n) is 11.0. The molecule has 0 unspecified atom stereocenters. The van der Waals surface area contributed by atoms with Crippen LogP contribution < -0.4 is 4.72 Å². The first-order valence-electron chi connectivity index (χ1n) is 5.80. The Labute approximate surface area is 114 Å². The number of rotatable bonds is 5. The van der Waals surface area contributed by atoms with Gasteiger partial charge in [0.25, 0.3) is 0 Å². The molecule has 0 atom stereocenters. The molecule has 0 bridgehead atoms. The molecular formula is C13H18N2O3S. The van der Waals surface area contributed by atoms with Gasteiger partial charge >= 0.3 is 0 Å². The maximum Gasteiger partial charge on any atom is 0.240 e. The molecule has 0 aliphatic carbocycles. The molecule has 0 aliphatic rings. The summed E-state index contributed by atoms with van der Waals surface area (Å²) in [6, 6.07) is 6.23. The van der Waals surface area contributed by atoms with E-state index in [1.165, 1.54) is 12.1 Å². The van der Waals surface area contributed by atoms with Crippen molar-refractivity contribution in [1.82, 2.24) is 9.62 Å². The molecule has 0 saturated heterocycles. The van der Waals surface area contributed by atoms with E-state index in [4.69, 9.17) is 5.11 Å². The summed E-state index contributed by atoms with van der Waals surface area (Å²) < 4.78 is 26.4. The second-order valence-electron chi connectivity index (χ2n) is 4.19. The third kappa shape index (κ3) is 5.41. The lowest BCUT2D eigenvalue weighted by molar-refractivity contribution is 0.350. The van der Waals surface area contributed by atoms with Crippen molar-refractivity contribution in [2.45, 2.75) is 4.90 Å². The molecular weight excluding hydrogens is 264 g/mol. The Balaban J connectivity index is 2.73. The van der Waals surface area contributed by atoms with Crippen molar-refractivity contribution < 1.29 is 13.5 Å². The minimum atomic E-state index is -3.47. The highest BCUT2D eigenvalue weighted by Crippen LogP contribution is 2.09. The van der Waals surface area contributed by atoms with E-state index in [2.05, 4.69) is 16.6 Å². The van der Waals surface area contributed by atoms with Crippen LogP contribution in [0, 0.1) is 11.8 Å². The number of benzene rings is 1. The van der Waals surface area contributed by atoms with E-state index in [0.29, 0.717) is 18.7 Å². The number of aliphatic hydroxyl groups excluding tert-OH is 1. The summed E-state index contributed by atoms with van der Waals surface area (Å²) in [5, 5.41) is 8.57. The summed E-state index contributed by atoms with van der Waals surface area (Å²) in [6.07, 6.45) is 0. The molecule has 0 radical (unpaired) electrons. The first-order valence-corrected chi connectivity index (χ1v) is 7.28. The van der Waals surface area contributed by atoms with Crippen molar-refractivity contribution in [3.8, 4) is 11.8 Å². The topological polar surface area (TPSA) is 69.6 Å². The van der Waals surface area contributed by atoms with Gasteiger partial charge in [-0.15, -0.1) is 0 Å². The van der Waals surface area contributed by atoms with E-state index >= 15 is 0 Å². The van der Waals surface area contributed by atoms with Crippen LogP contribution >= 0.6 is 0 Å². The van der Waals surface area contributed by atoms with Crippen LogP contribution in [-0.2, 0) is 10.0 Å². The summed E-state index contributed by atoms with van der Waals surface area (Å²) in [5.41, 5.74) is 0.668. The van der Waals surface area contributed by atoms with Crippen LogP contribution in [0.1, 0.15) is 5.56 Å². The van der Waals surface area contributed by atoms with E-state index in [9.17, 15) is 8.42 Å². The highest BCUT2D eigenvalue weighted by Gasteiger charge is 2.12. The number of nitrogens with one attached hydrogen (secondary N) is 1. The highest BCUT2D eigenvalue weighted by molar-refractivity contribution is 7.89. The summed E-state index contributed by atoms with van der Waals surface area (Å²) in [7, 11) is 0.288. The number of hydrogen-bond acceptors (Lipinski definition) is 4. The molecule has 2 N–H and O–H groups in total. The summed E-state index contributed by atoms with van der Waals surface area (Å²) in [6.45, 7) is 0.785. The minimum absolute atomic E-state index is 0.209. The number of hydrogen-bond donors (Lipinski definition) is 2. The maximum atomic E-state index is 11.9. The zero-order valence-corrected chi connectivity index (χ0v) is 11.9. The number of nitrogens with zero attached hydrogens (tertiary/aromatic N) is 1. The Morgan fingerprint density at radius 3 is 2.42 bits per heavy atom. The molecule has 0 fully saturated rings. The van der Waals surface area contributed by atoms with Gasteiger partial charge in [0, 0.05) is 18.7 Å². The predicted octanol–water partition coefficient (Wildman–Crippen LogP) is -0.130. The van der Waals surface area contributed by atoms with Crippen LogP contribution in [-0.4, -0.2) is 52.2 Å². The van der Waals surface area contributed by atoms with Gasteiger partial charge in [0.2, 0.25) is 10.0 Å². The largest absolute Gasteiger partial charge is 0.384 e. The second-order valence-corrected chi connectivity index (χ2v) is 5.95. The lowest BCUT2D eigenvalue weighted by Gasteiger charge is -2.10. The van der Waals surface area contributed by atoms with Gasteiger partial charge in [0.1, 0.15) is 6.61 Å². The van der Waals surface area contributed by atoms with Crippen LogP contribution in [0.4, 0.5) is 0 Å². The Bertz CT molecular complexity index is 554. The van der Waals surface area contributed by atoms with E-state index in [-0.39, 0.29) is 11.5 Å². The average Bonchev–Trinajstić information content (AvgIpc) is 2.36. The van der Waals surface area contributed by atoms with Crippen molar-refractivity contribution in [2.24, 2.45) is 0 Å². The van der Waals surface area contributed by atoms with Crippen molar-refractivity contribution in [3.05, 3.63) is 29.8 Å². The Morgan fingerprint density at radius 2 is 1.89 bits per heavy atom. The zero-order chi connectivity index (χ0) is 14.3. The van der Waals surface area contributed by atoms with Gasteiger partial charge in [-0.3, -0.25) is 0 Å². The Kier molecular flexibility index (Phi) is 5.99. The SMILES string of the molecule is CN(C)CCNS(=O)(=O)c1ccc(C#CCO)cc1. The molecule has 5 nitrogen and oxygen atoms in total.